The molecule has 2 atom stereocenters. The van der Waals surface area contributed by atoms with E-state index in [-0.39, 0.29) is 6.04 Å². The summed E-state index contributed by atoms with van der Waals surface area (Å²) in [7, 11) is 0. The molecule has 0 unspecified atom stereocenters. The van der Waals surface area contributed by atoms with Crippen molar-refractivity contribution >= 4 is 28.9 Å². The van der Waals surface area contributed by atoms with Crippen molar-refractivity contribution in [2.24, 2.45) is 5.10 Å². The van der Waals surface area contributed by atoms with Crippen LogP contribution in [0.5, 0.6) is 5.75 Å². The summed E-state index contributed by atoms with van der Waals surface area (Å²) in [6.07, 6.45) is 3.91. The molecule has 6 heteroatoms. The summed E-state index contributed by atoms with van der Waals surface area (Å²) < 4.78 is 6.31. The van der Waals surface area contributed by atoms with Crippen LogP contribution in [-0.4, -0.2) is 15.7 Å². The fourth-order valence-electron chi connectivity index (χ4n) is 3.78. The van der Waals surface area contributed by atoms with E-state index in [9.17, 15) is 0 Å². The third-order valence-corrected chi connectivity index (χ3v) is 5.66. The molecule has 0 fully saturated rings. The predicted octanol–water partition coefficient (Wildman–Crippen LogP) is 5.94. The van der Waals surface area contributed by atoms with Gasteiger partial charge in [0, 0.05) is 35.0 Å². The monoisotopic (exact) mass is 409 g/mol. The largest absolute Gasteiger partial charge is 0.463 e. The number of aryl methyl sites for hydroxylation is 1. The summed E-state index contributed by atoms with van der Waals surface area (Å²) in [4.78, 5) is 4.24. The van der Waals surface area contributed by atoms with Gasteiger partial charge in [-0.15, -0.1) is 0 Å². The molecule has 0 saturated carbocycles. The first-order valence-electron chi connectivity index (χ1n) is 9.08. The lowest BCUT2D eigenvalue weighted by Gasteiger charge is -2.38. The van der Waals surface area contributed by atoms with E-state index in [2.05, 4.69) is 36.2 Å². The Balaban J connectivity index is 1.63. The fraction of sp³-hybridized carbons (Fsp3) is 0.182. The second-order valence-corrected chi connectivity index (χ2v) is 7.92. The highest BCUT2D eigenvalue weighted by molar-refractivity contribution is 6.35. The predicted molar refractivity (Wildman–Crippen MR) is 111 cm³/mol. The van der Waals surface area contributed by atoms with E-state index in [0.29, 0.717) is 15.8 Å². The maximum Gasteiger partial charge on any atom is 0.215 e. The molecule has 2 aliphatic rings. The van der Waals surface area contributed by atoms with Crippen molar-refractivity contribution in [1.29, 1.82) is 0 Å². The van der Waals surface area contributed by atoms with Crippen molar-refractivity contribution < 1.29 is 4.74 Å². The molecule has 2 aliphatic heterocycles. The number of hydrogen-bond donors (Lipinski definition) is 0. The Morgan fingerprint density at radius 3 is 2.68 bits per heavy atom. The second-order valence-electron chi connectivity index (χ2n) is 7.08. The number of pyridine rings is 1. The van der Waals surface area contributed by atoms with E-state index in [1.165, 1.54) is 5.56 Å². The molecule has 0 spiro atoms. The van der Waals surface area contributed by atoms with Crippen LogP contribution in [0.2, 0.25) is 10.0 Å². The topological polar surface area (TPSA) is 37.7 Å². The summed E-state index contributed by atoms with van der Waals surface area (Å²) in [5.41, 5.74) is 5.24. The van der Waals surface area contributed by atoms with Gasteiger partial charge in [0.2, 0.25) is 6.23 Å². The Labute approximate surface area is 173 Å². The lowest BCUT2D eigenvalue weighted by atomic mass is 9.95. The summed E-state index contributed by atoms with van der Waals surface area (Å²) >= 11 is 12.8. The number of ether oxygens (including phenoxy) is 1. The van der Waals surface area contributed by atoms with E-state index < -0.39 is 6.23 Å². The maximum absolute atomic E-state index is 6.48. The molecule has 28 heavy (non-hydrogen) atoms. The maximum atomic E-state index is 6.48. The van der Waals surface area contributed by atoms with Gasteiger partial charge in [-0.25, -0.2) is 5.01 Å². The van der Waals surface area contributed by atoms with Crippen LogP contribution in [0.15, 0.2) is 66.0 Å². The molecule has 0 N–H and O–H groups in total. The van der Waals surface area contributed by atoms with E-state index in [0.717, 1.165) is 28.8 Å². The molecule has 0 radical (unpaired) electrons. The van der Waals surface area contributed by atoms with Crippen LogP contribution in [0, 0.1) is 6.92 Å². The van der Waals surface area contributed by atoms with E-state index in [1.807, 2.05) is 23.2 Å². The van der Waals surface area contributed by atoms with Crippen LogP contribution >= 0.6 is 23.2 Å². The molecular formula is C22H17Cl2N3O. The Morgan fingerprint density at radius 1 is 1.11 bits per heavy atom. The molecule has 2 aromatic carbocycles. The minimum atomic E-state index is -0.396. The molecule has 4 nitrogen and oxygen atoms in total. The fourth-order valence-corrected chi connectivity index (χ4v) is 4.33. The lowest BCUT2D eigenvalue weighted by molar-refractivity contribution is -0.0191. The summed E-state index contributed by atoms with van der Waals surface area (Å²) in [5.74, 6) is 0.668. The number of aromatic nitrogens is 1. The first-order valence-corrected chi connectivity index (χ1v) is 9.84. The van der Waals surface area contributed by atoms with Crippen molar-refractivity contribution in [3.63, 3.8) is 0 Å². The van der Waals surface area contributed by atoms with Crippen molar-refractivity contribution in [1.82, 2.24) is 9.99 Å². The summed E-state index contributed by atoms with van der Waals surface area (Å²) in [5, 5.41) is 8.05. The van der Waals surface area contributed by atoms with E-state index in [1.54, 1.807) is 18.5 Å². The van der Waals surface area contributed by atoms with Crippen LogP contribution in [0.3, 0.4) is 0 Å². The van der Waals surface area contributed by atoms with Crippen LogP contribution < -0.4 is 4.74 Å². The Kier molecular flexibility index (Phi) is 4.26. The zero-order chi connectivity index (χ0) is 19.3. The first kappa shape index (κ1) is 17.5. The van der Waals surface area contributed by atoms with E-state index in [4.69, 9.17) is 33.0 Å². The third kappa shape index (κ3) is 2.93. The van der Waals surface area contributed by atoms with Gasteiger partial charge >= 0.3 is 0 Å². The molecule has 0 aliphatic carbocycles. The Bertz CT molecular complexity index is 1070. The molecule has 0 saturated heterocycles. The van der Waals surface area contributed by atoms with Gasteiger partial charge in [-0.05, 0) is 30.7 Å². The van der Waals surface area contributed by atoms with Gasteiger partial charge in [0.1, 0.15) is 5.75 Å². The van der Waals surface area contributed by atoms with Crippen molar-refractivity contribution in [3.8, 4) is 5.75 Å². The van der Waals surface area contributed by atoms with Gasteiger partial charge < -0.3 is 4.74 Å². The molecule has 3 aromatic rings. The van der Waals surface area contributed by atoms with Crippen molar-refractivity contribution in [2.75, 3.05) is 0 Å². The highest BCUT2D eigenvalue weighted by Crippen LogP contribution is 2.50. The number of halogens is 2. The molecule has 1 aromatic heterocycles. The molecule has 3 heterocycles. The van der Waals surface area contributed by atoms with Crippen LogP contribution in [0.25, 0.3) is 0 Å². The number of benzene rings is 2. The summed E-state index contributed by atoms with van der Waals surface area (Å²) in [6, 6.07) is 16.0. The van der Waals surface area contributed by atoms with Crippen molar-refractivity contribution in [3.05, 3.63) is 93.2 Å². The highest BCUT2D eigenvalue weighted by Gasteiger charge is 2.42. The van der Waals surface area contributed by atoms with Crippen LogP contribution in [0.4, 0.5) is 0 Å². The van der Waals surface area contributed by atoms with Gasteiger partial charge in [0.15, 0.2) is 0 Å². The number of rotatable bonds is 2. The Morgan fingerprint density at radius 2 is 1.93 bits per heavy atom. The van der Waals surface area contributed by atoms with Gasteiger partial charge in [0.25, 0.3) is 0 Å². The van der Waals surface area contributed by atoms with Gasteiger partial charge in [-0.2, -0.15) is 5.10 Å². The number of nitrogens with zero attached hydrogens (tertiary/aromatic N) is 3. The smallest absolute Gasteiger partial charge is 0.215 e. The molecule has 0 amide bonds. The minimum Gasteiger partial charge on any atom is -0.463 e. The number of fused-ring (bicyclic) bond motifs is 3. The van der Waals surface area contributed by atoms with E-state index >= 15 is 0 Å². The molecule has 5 rings (SSSR count). The molecule has 0 bridgehead atoms. The SMILES string of the molecule is Cc1ccc(C2=NN3[C@H](C2)c2cc(Cl)cc(Cl)c2O[C@@H]3c2cccnc2)cc1. The number of hydrazone groups is 1. The Hall–Kier alpha value is -2.56. The normalized spacial score (nSPS) is 20.2. The zero-order valence-corrected chi connectivity index (χ0v) is 16.7. The van der Waals surface area contributed by atoms with Crippen molar-refractivity contribution in [2.45, 2.75) is 25.6 Å². The average Bonchev–Trinajstić information content (AvgIpc) is 3.14. The van der Waals surface area contributed by atoms with Crippen LogP contribution in [0.1, 0.15) is 40.9 Å². The standard InChI is InChI=1S/C22H17Cl2N3O/c1-13-4-6-14(7-5-13)19-11-20-17-9-16(23)10-18(24)21(17)28-22(27(20)26-19)15-3-2-8-25-12-15/h2-10,12,20,22H,11H2,1H3/t20-,22-/m1/s1. The first-order chi connectivity index (χ1) is 13.6. The lowest BCUT2D eigenvalue weighted by Crippen LogP contribution is -2.33. The quantitative estimate of drug-likeness (QED) is 0.525. The molecular weight excluding hydrogens is 393 g/mol. The third-order valence-electron chi connectivity index (χ3n) is 5.16. The minimum absolute atomic E-state index is 0.00135. The van der Waals surface area contributed by atoms with Gasteiger partial charge in [-0.1, -0.05) is 59.1 Å². The average molecular weight is 410 g/mol. The van der Waals surface area contributed by atoms with Gasteiger partial charge in [0.05, 0.1) is 16.8 Å². The molecule has 140 valence electrons. The summed E-state index contributed by atoms with van der Waals surface area (Å²) in [6.45, 7) is 2.08. The number of hydrogen-bond acceptors (Lipinski definition) is 4. The van der Waals surface area contributed by atoms with Crippen LogP contribution in [-0.2, 0) is 0 Å². The second kappa shape index (κ2) is 6.80. The zero-order valence-electron chi connectivity index (χ0n) is 15.1. The highest BCUT2D eigenvalue weighted by atomic mass is 35.5. The van der Waals surface area contributed by atoms with Gasteiger partial charge in [-0.3, -0.25) is 4.98 Å².